The van der Waals surface area contributed by atoms with Crippen LogP contribution in [0.2, 0.25) is 0 Å². The lowest BCUT2D eigenvalue weighted by atomic mass is 9.73. The van der Waals surface area contributed by atoms with Crippen LogP contribution in [-0.4, -0.2) is 47.7 Å². The van der Waals surface area contributed by atoms with Crippen molar-refractivity contribution in [1.29, 1.82) is 0 Å². The van der Waals surface area contributed by atoms with E-state index in [9.17, 15) is 4.79 Å². The first-order chi connectivity index (χ1) is 15.2. The molecule has 164 valence electrons. The standard InChI is InChI=1S/C26H32N2O3/c1-2-18-17-28-14-12-19(18)16-24(28)26(31-25(29)10-9-20-6-5-15-30-20)22-11-13-27-23-8-4-3-7-21(22)23/h2-4,7-8,11,13,18-20,24,26H,1,5-6,9-10,12,14-17H2/t18-,19+,20-,24-,26+/m1/s1. The van der Waals surface area contributed by atoms with Crippen molar-refractivity contribution in [3.8, 4) is 0 Å². The highest BCUT2D eigenvalue weighted by Crippen LogP contribution is 2.43. The lowest BCUT2D eigenvalue weighted by Gasteiger charge is -2.51. The van der Waals surface area contributed by atoms with Gasteiger partial charge in [-0.1, -0.05) is 24.3 Å². The molecule has 2 bridgehead atoms. The molecule has 31 heavy (non-hydrogen) atoms. The fourth-order valence-electron chi connectivity index (χ4n) is 5.76. The summed E-state index contributed by atoms with van der Waals surface area (Å²) in [6.07, 6.45) is 9.41. The van der Waals surface area contributed by atoms with E-state index in [-0.39, 0.29) is 24.2 Å². The van der Waals surface area contributed by atoms with Gasteiger partial charge in [0.25, 0.3) is 0 Å². The molecule has 4 aliphatic rings. The molecule has 4 aliphatic heterocycles. The Balaban J connectivity index is 1.41. The minimum Gasteiger partial charge on any atom is -0.456 e. The second-order valence-electron chi connectivity index (χ2n) is 9.25. The summed E-state index contributed by atoms with van der Waals surface area (Å²) in [5.74, 6) is 1.04. The first kappa shape index (κ1) is 20.7. The second-order valence-corrected chi connectivity index (χ2v) is 9.25. The van der Waals surface area contributed by atoms with Gasteiger partial charge in [0.1, 0.15) is 6.10 Å². The predicted octanol–water partition coefficient (Wildman–Crippen LogP) is 4.67. The number of nitrogens with zero attached hydrogens (tertiary/aromatic N) is 2. The highest BCUT2D eigenvalue weighted by Gasteiger charge is 2.44. The first-order valence-electron chi connectivity index (χ1n) is 11.7. The van der Waals surface area contributed by atoms with Crippen LogP contribution in [0.3, 0.4) is 0 Å². The van der Waals surface area contributed by atoms with Gasteiger partial charge in [-0.2, -0.15) is 0 Å². The maximum atomic E-state index is 13.0. The predicted molar refractivity (Wildman–Crippen MR) is 121 cm³/mol. The molecule has 6 rings (SSSR count). The number of rotatable bonds is 7. The molecule has 2 aromatic rings. The molecule has 5 heteroatoms. The van der Waals surface area contributed by atoms with Crippen molar-refractivity contribution in [2.75, 3.05) is 19.7 Å². The zero-order valence-electron chi connectivity index (χ0n) is 18.1. The van der Waals surface area contributed by atoms with Crippen LogP contribution in [0.25, 0.3) is 10.9 Å². The number of benzene rings is 1. The molecule has 1 aromatic carbocycles. The van der Waals surface area contributed by atoms with Crippen LogP contribution in [-0.2, 0) is 14.3 Å². The molecular weight excluding hydrogens is 388 g/mol. The molecule has 0 spiro atoms. The molecular formula is C26H32N2O3. The number of ether oxygens (including phenoxy) is 2. The normalized spacial score (nSPS) is 30.9. The van der Waals surface area contributed by atoms with Crippen LogP contribution in [0.4, 0.5) is 0 Å². The molecule has 5 heterocycles. The van der Waals surface area contributed by atoms with Gasteiger partial charge in [-0.3, -0.25) is 14.7 Å². The topological polar surface area (TPSA) is 51.7 Å². The summed E-state index contributed by atoms with van der Waals surface area (Å²) in [6.45, 7) is 6.93. The van der Waals surface area contributed by atoms with Gasteiger partial charge in [-0.25, -0.2) is 0 Å². The number of hydrogen-bond donors (Lipinski definition) is 0. The van der Waals surface area contributed by atoms with E-state index in [1.807, 2.05) is 30.5 Å². The van der Waals surface area contributed by atoms with E-state index >= 15 is 0 Å². The van der Waals surface area contributed by atoms with Crippen molar-refractivity contribution in [2.45, 2.75) is 56.8 Å². The van der Waals surface area contributed by atoms with Gasteiger partial charge < -0.3 is 9.47 Å². The average Bonchev–Trinajstić information content (AvgIpc) is 3.35. The maximum Gasteiger partial charge on any atom is 0.306 e. The third kappa shape index (κ3) is 4.26. The van der Waals surface area contributed by atoms with Crippen LogP contribution in [0, 0.1) is 11.8 Å². The Hall–Kier alpha value is -2.24. The Morgan fingerprint density at radius 2 is 2.23 bits per heavy atom. The second kappa shape index (κ2) is 9.09. The molecule has 6 atom stereocenters. The average molecular weight is 421 g/mol. The first-order valence-corrected chi connectivity index (χ1v) is 11.7. The molecule has 5 nitrogen and oxygen atoms in total. The van der Waals surface area contributed by atoms with E-state index in [4.69, 9.17) is 9.47 Å². The van der Waals surface area contributed by atoms with E-state index in [1.54, 1.807) is 0 Å². The van der Waals surface area contributed by atoms with E-state index in [0.717, 1.165) is 61.8 Å². The molecule has 0 N–H and O–H groups in total. The number of hydrogen-bond acceptors (Lipinski definition) is 5. The van der Waals surface area contributed by atoms with E-state index in [0.29, 0.717) is 18.3 Å². The SMILES string of the molecule is C=C[C@@H]1CN2CC[C@H]1C[C@@H]2[C@@H](OC(=O)CC[C@H]1CCCO1)c1ccnc2ccccc12. The molecule has 0 radical (unpaired) electrons. The number of carbonyl (C=O) groups excluding carboxylic acids is 1. The number of pyridine rings is 1. The number of fused-ring (bicyclic) bond motifs is 4. The zero-order valence-corrected chi connectivity index (χ0v) is 18.1. The largest absolute Gasteiger partial charge is 0.456 e. The van der Waals surface area contributed by atoms with Crippen LogP contribution in [0.15, 0.2) is 49.2 Å². The van der Waals surface area contributed by atoms with Crippen molar-refractivity contribution < 1.29 is 14.3 Å². The Morgan fingerprint density at radius 3 is 3.00 bits per heavy atom. The third-order valence-corrected chi connectivity index (χ3v) is 7.45. The van der Waals surface area contributed by atoms with Crippen LogP contribution in [0.1, 0.15) is 50.2 Å². The quantitative estimate of drug-likeness (QED) is 0.481. The zero-order chi connectivity index (χ0) is 21.2. The van der Waals surface area contributed by atoms with Crippen molar-refractivity contribution >= 4 is 16.9 Å². The van der Waals surface area contributed by atoms with Crippen molar-refractivity contribution in [3.05, 3.63) is 54.7 Å². The summed E-state index contributed by atoms with van der Waals surface area (Å²) in [5, 5.41) is 1.07. The Labute approximate surface area is 184 Å². The van der Waals surface area contributed by atoms with Gasteiger partial charge in [0.2, 0.25) is 0 Å². The van der Waals surface area contributed by atoms with Crippen molar-refractivity contribution in [2.24, 2.45) is 11.8 Å². The van der Waals surface area contributed by atoms with Gasteiger partial charge >= 0.3 is 5.97 Å². The summed E-state index contributed by atoms with van der Waals surface area (Å²) in [5.41, 5.74) is 2.02. The smallest absolute Gasteiger partial charge is 0.306 e. The van der Waals surface area contributed by atoms with Gasteiger partial charge in [0, 0.05) is 36.7 Å². The Bertz CT molecular complexity index is 934. The maximum absolute atomic E-state index is 13.0. The lowest BCUT2D eigenvalue weighted by molar-refractivity contribution is -0.158. The van der Waals surface area contributed by atoms with E-state index < -0.39 is 0 Å². The third-order valence-electron chi connectivity index (χ3n) is 7.45. The number of aromatic nitrogens is 1. The monoisotopic (exact) mass is 420 g/mol. The van der Waals surface area contributed by atoms with Crippen LogP contribution in [0.5, 0.6) is 0 Å². The lowest BCUT2D eigenvalue weighted by Crippen LogP contribution is -2.55. The number of esters is 1. The molecule has 4 fully saturated rings. The van der Waals surface area contributed by atoms with E-state index in [2.05, 4.69) is 28.6 Å². The molecule has 0 amide bonds. The minimum atomic E-state index is -0.279. The molecule has 4 saturated heterocycles. The summed E-state index contributed by atoms with van der Waals surface area (Å²) in [7, 11) is 0. The van der Waals surface area contributed by atoms with Gasteiger partial charge in [-0.15, -0.1) is 6.58 Å². The highest BCUT2D eigenvalue weighted by atomic mass is 16.5. The number of para-hydroxylation sites is 1. The fourth-order valence-corrected chi connectivity index (χ4v) is 5.76. The van der Waals surface area contributed by atoms with Crippen LogP contribution < -0.4 is 0 Å². The van der Waals surface area contributed by atoms with Gasteiger partial charge in [-0.05, 0) is 62.6 Å². The molecule has 0 saturated carbocycles. The highest BCUT2D eigenvalue weighted by molar-refractivity contribution is 5.82. The fraction of sp³-hybridized carbons (Fsp3) is 0.538. The van der Waals surface area contributed by atoms with Crippen molar-refractivity contribution in [1.82, 2.24) is 9.88 Å². The number of carbonyl (C=O) groups is 1. The Kier molecular flexibility index (Phi) is 6.06. The number of piperidine rings is 3. The van der Waals surface area contributed by atoms with E-state index in [1.165, 1.54) is 6.42 Å². The minimum absolute atomic E-state index is 0.121. The Morgan fingerprint density at radius 1 is 1.32 bits per heavy atom. The molecule has 1 unspecified atom stereocenters. The van der Waals surface area contributed by atoms with Gasteiger partial charge in [0.05, 0.1) is 17.7 Å². The molecule has 0 aliphatic carbocycles. The van der Waals surface area contributed by atoms with Crippen molar-refractivity contribution in [3.63, 3.8) is 0 Å². The molecule has 1 aromatic heterocycles. The van der Waals surface area contributed by atoms with Gasteiger partial charge in [0.15, 0.2) is 0 Å². The summed E-state index contributed by atoms with van der Waals surface area (Å²) in [6, 6.07) is 10.4. The van der Waals surface area contributed by atoms with Crippen LogP contribution >= 0.6 is 0 Å². The summed E-state index contributed by atoms with van der Waals surface area (Å²) < 4.78 is 12.0. The summed E-state index contributed by atoms with van der Waals surface area (Å²) in [4.78, 5) is 20.0. The summed E-state index contributed by atoms with van der Waals surface area (Å²) >= 11 is 0.